The molecular formula is C12H20N2O2. The van der Waals surface area contributed by atoms with E-state index in [1.165, 1.54) is 0 Å². The van der Waals surface area contributed by atoms with Crippen LogP contribution in [0.4, 0.5) is 0 Å². The molecule has 1 aliphatic carbocycles. The van der Waals surface area contributed by atoms with Crippen LogP contribution in [0.25, 0.3) is 0 Å². The lowest BCUT2D eigenvalue weighted by Gasteiger charge is -2.30. The van der Waals surface area contributed by atoms with Gasteiger partial charge in [0.05, 0.1) is 0 Å². The summed E-state index contributed by atoms with van der Waals surface area (Å²) in [7, 11) is 0. The van der Waals surface area contributed by atoms with Crippen molar-refractivity contribution in [1.29, 1.82) is 0 Å². The number of rotatable bonds is 2. The Kier molecular flexibility index (Phi) is 3.59. The highest BCUT2D eigenvalue weighted by atomic mass is 16.1. The molecule has 2 aliphatic rings. The molecule has 2 rings (SSSR count). The van der Waals surface area contributed by atoms with E-state index in [0.29, 0.717) is 17.9 Å². The van der Waals surface area contributed by atoms with Gasteiger partial charge >= 0.3 is 0 Å². The lowest BCUT2D eigenvalue weighted by Crippen LogP contribution is -2.40. The molecule has 1 N–H and O–H groups in total. The number of hydrogen-bond acceptors (Lipinski definition) is 3. The number of amides is 1. The number of carbonyl (C=O) groups is 2. The van der Waals surface area contributed by atoms with Gasteiger partial charge in [-0.25, -0.2) is 0 Å². The second-order valence-corrected chi connectivity index (χ2v) is 4.95. The summed E-state index contributed by atoms with van der Waals surface area (Å²) in [6, 6.07) is 0.881. The Hall–Kier alpha value is -0.900. The van der Waals surface area contributed by atoms with E-state index in [1.54, 1.807) is 6.92 Å². The van der Waals surface area contributed by atoms with Crippen LogP contribution in [0.2, 0.25) is 0 Å². The summed E-state index contributed by atoms with van der Waals surface area (Å²) in [6.07, 6.45) is 4.54. The average molecular weight is 224 g/mol. The van der Waals surface area contributed by atoms with Gasteiger partial charge in [0.1, 0.15) is 5.78 Å². The number of ketones is 1. The summed E-state index contributed by atoms with van der Waals surface area (Å²) >= 11 is 0. The predicted octanol–water partition coefficient (Wildman–Crippen LogP) is 0.708. The van der Waals surface area contributed by atoms with Gasteiger partial charge in [0.15, 0.2) is 0 Å². The van der Waals surface area contributed by atoms with Crippen molar-refractivity contribution in [1.82, 2.24) is 10.2 Å². The van der Waals surface area contributed by atoms with E-state index in [0.717, 1.165) is 45.2 Å². The lowest BCUT2D eigenvalue weighted by molar-refractivity contribution is -0.121. The van der Waals surface area contributed by atoms with Crippen molar-refractivity contribution in [2.45, 2.75) is 51.1 Å². The molecule has 16 heavy (non-hydrogen) atoms. The third-order valence-corrected chi connectivity index (χ3v) is 3.66. The molecule has 4 nitrogen and oxygen atoms in total. The maximum atomic E-state index is 11.2. The van der Waals surface area contributed by atoms with Gasteiger partial charge < -0.3 is 5.32 Å². The Labute approximate surface area is 96.4 Å². The maximum Gasteiger partial charge on any atom is 0.217 e. The zero-order valence-electron chi connectivity index (χ0n) is 9.87. The van der Waals surface area contributed by atoms with Crippen LogP contribution < -0.4 is 5.32 Å². The van der Waals surface area contributed by atoms with Crippen LogP contribution in [0.15, 0.2) is 0 Å². The number of hydrogen-bond donors (Lipinski definition) is 1. The zero-order chi connectivity index (χ0) is 11.5. The molecule has 2 fully saturated rings. The summed E-state index contributed by atoms with van der Waals surface area (Å²) in [5, 5.41) is 2.97. The van der Waals surface area contributed by atoms with E-state index in [2.05, 4.69) is 10.2 Å². The van der Waals surface area contributed by atoms with Gasteiger partial charge in [-0.05, 0) is 19.3 Å². The summed E-state index contributed by atoms with van der Waals surface area (Å²) in [5.41, 5.74) is 0. The van der Waals surface area contributed by atoms with Crippen molar-refractivity contribution in [3.63, 3.8) is 0 Å². The van der Waals surface area contributed by atoms with E-state index in [9.17, 15) is 9.59 Å². The van der Waals surface area contributed by atoms with Crippen molar-refractivity contribution >= 4 is 11.7 Å². The molecule has 1 unspecified atom stereocenters. The quantitative estimate of drug-likeness (QED) is 0.751. The zero-order valence-corrected chi connectivity index (χ0v) is 9.87. The first-order chi connectivity index (χ1) is 7.65. The number of Topliss-reactive ketones (excluding diaryl/α,β-unsaturated/α-hetero) is 1. The molecule has 4 heteroatoms. The monoisotopic (exact) mass is 224 g/mol. The molecule has 0 spiro atoms. The second kappa shape index (κ2) is 4.95. The van der Waals surface area contributed by atoms with Gasteiger partial charge in [0.2, 0.25) is 5.91 Å². The fourth-order valence-electron chi connectivity index (χ4n) is 2.81. The minimum absolute atomic E-state index is 0.0608. The molecule has 1 aliphatic heterocycles. The molecule has 0 bridgehead atoms. The Morgan fingerprint density at radius 1 is 1.31 bits per heavy atom. The fourth-order valence-corrected chi connectivity index (χ4v) is 2.81. The van der Waals surface area contributed by atoms with Gasteiger partial charge in [0, 0.05) is 44.9 Å². The molecule has 1 heterocycles. The topological polar surface area (TPSA) is 49.4 Å². The molecule has 0 aromatic carbocycles. The van der Waals surface area contributed by atoms with Crippen LogP contribution >= 0.6 is 0 Å². The van der Waals surface area contributed by atoms with Crippen molar-refractivity contribution in [3.05, 3.63) is 0 Å². The fraction of sp³-hybridized carbons (Fsp3) is 0.833. The predicted molar refractivity (Wildman–Crippen MR) is 61.1 cm³/mol. The summed E-state index contributed by atoms with van der Waals surface area (Å²) in [4.78, 5) is 24.5. The molecular weight excluding hydrogens is 204 g/mol. The van der Waals surface area contributed by atoms with Crippen LogP contribution in [-0.2, 0) is 9.59 Å². The Morgan fingerprint density at radius 3 is 2.62 bits per heavy atom. The van der Waals surface area contributed by atoms with Crippen LogP contribution in [0.5, 0.6) is 0 Å². The molecule has 0 aromatic heterocycles. The number of nitrogens with zero attached hydrogens (tertiary/aromatic N) is 1. The average Bonchev–Trinajstić information content (AvgIpc) is 2.66. The molecule has 90 valence electrons. The highest BCUT2D eigenvalue weighted by Gasteiger charge is 2.30. The number of likely N-dealkylation sites (tertiary alicyclic amines) is 1. The van der Waals surface area contributed by atoms with E-state index >= 15 is 0 Å². The highest BCUT2D eigenvalue weighted by molar-refractivity contribution is 5.79. The van der Waals surface area contributed by atoms with Gasteiger partial charge in [-0.15, -0.1) is 0 Å². The van der Waals surface area contributed by atoms with Crippen LogP contribution in [0, 0.1) is 0 Å². The normalized spacial score (nSPS) is 28.3. The van der Waals surface area contributed by atoms with Crippen molar-refractivity contribution in [3.8, 4) is 0 Å². The standard InChI is InChI=1S/C12H20N2O2/c1-9(15)13-10-6-7-14(8-10)11-2-4-12(16)5-3-11/h10-11H,2-8H2,1H3,(H,13,15). The molecule has 0 radical (unpaired) electrons. The molecule has 0 aromatic rings. The molecule has 1 atom stereocenters. The first-order valence-electron chi connectivity index (χ1n) is 6.18. The van der Waals surface area contributed by atoms with Crippen molar-refractivity contribution in [2.75, 3.05) is 13.1 Å². The summed E-state index contributed by atoms with van der Waals surface area (Å²) < 4.78 is 0. The van der Waals surface area contributed by atoms with Gasteiger partial charge in [-0.3, -0.25) is 14.5 Å². The van der Waals surface area contributed by atoms with Gasteiger partial charge in [-0.1, -0.05) is 0 Å². The third-order valence-electron chi connectivity index (χ3n) is 3.66. The third kappa shape index (κ3) is 2.82. The van der Waals surface area contributed by atoms with Crippen molar-refractivity contribution < 1.29 is 9.59 Å². The van der Waals surface area contributed by atoms with Crippen LogP contribution in [-0.4, -0.2) is 41.8 Å². The highest BCUT2D eigenvalue weighted by Crippen LogP contribution is 2.24. The van der Waals surface area contributed by atoms with Crippen LogP contribution in [0.1, 0.15) is 39.0 Å². The minimum Gasteiger partial charge on any atom is -0.352 e. The van der Waals surface area contributed by atoms with Gasteiger partial charge in [-0.2, -0.15) is 0 Å². The van der Waals surface area contributed by atoms with E-state index in [1.807, 2.05) is 0 Å². The molecule has 1 amide bonds. The van der Waals surface area contributed by atoms with Gasteiger partial charge in [0.25, 0.3) is 0 Å². The number of carbonyl (C=O) groups excluding carboxylic acids is 2. The first-order valence-corrected chi connectivity index (χ1v) is 6.18. The Bertz CT molecular complexity index is 281. The van der Waals surface area contributed by atoms with Crippen LogP contribution in [0.3, 0.4) is 0 Å². The molecule has 1 saturated heterocycles. The first kappa shape index (κ1) is 11.6. The largest absolute Gasteiger partial charge is 0.352 e. The Balaban J connectivity index is 1.79. The Morgan fingerprint density at radius 2 is 2.00 bits per heavy atom. The maximum absolute atomic E-state index is 11.2. The lowest BCUT2D eigenvalue weighted by atomic mass is 9.93. The second-order valence-electron chi connectivity index (χ2n) is 4.95. The van der Waals surface area contributed by atoms with E-state index in [-0.39, 0.29) is 5.91 Å². The summed E-state index contributed by atoms with van der Waals surface area (Å²) in [6.45, 7) is 3.59. The van der Waals surface area contributed by atoms with E-state index in [4.69, 9.17) is 0 Å². The summed E-state index contributed by atoms with van der Waals surface area (Å²) in [5.74, 6) is 0.472. The smallest absolute Gasteiger partial charge is 0.217 e. The van der Waals surface area contributed by atoms with E-state index < -0.39 is 0 Å². The number of nitrogens with one attached hydrogen (secondary N) is 1. The van der Waals surface area contributed by atoms with Crippen molar-refractivity contribution in [2.24, 2.45) is 0 Å². The SMILES string of the molecule is CC(=O)NC1CCN(C2CCC(=O)CC2)C1. The minimum atomic E-state index is 0.0608. The molecule has 1 saturated carbocycles.